The van der Waals surface area contributed by atoms with Gasteiger partial charge in [0.2, 0.25) is 0 Å². The van der Waals surface area contributed by atoms with Crippen molar-refractivity contribution in [2.45, 2.75) is 210 Å². The number of hydrogen-bond donors (Lipinski definition) is 0. The molecule has 4 saturated carbocycles. The number of benzene rings is 7. The number of rotatable bonds is 10. The fourth-order valence-corrected chi connectivity index (χ4v) is 15.4. The summed E-state index contributed by atoms with van der Waals surface area (Å²) in [5.74, 6) is 2.79. The molecule has 7 aromatic carbocycles. The van der Waals surface area contributed by atoms with Gasteiger partial charge < -0.3 is 4.90 Å². The molecule has 0 bridgehead atoms. The van der Waals surface area contributed by atoms with E-state index in [9.17, 15) is 0 Å². The molecule has 0 N–H and O–H groups in total. The molecule has 1 nitrogen and oxygen atoms in total. The van der Waals surface area contributed by atoms with Crippen LogP contribution in [-0.4, -0.2) is 0 Å². The van der Waals surface area contributed by atoms with Crippen molar-refractivity contribution in [1.82, 2.24) is 0 Å². The van der Waals surface area contributed by atoms with Gasteiger partial charge in [0.1, 0.15) is 0 Å². The molecule has 0 aromatic heterocycles. The molecular weight excluding hydrogens is 915 g/mol. The van der Waals surface area contributed by atoms with Crippen LogP contribution in [0.2, 0.25) is 0 Å². The van der Waals surface area contributed by atoms with Crippen molar-refractivity contribution in [2.75, 3.05) is 4.90 Å². The number of fused-ring (bicyclic) bond motifs is 3. The molecule has 0 heterocycles. The molecule has 0 amide bonds. The summed E-state index contributed by atoms with van der Waals surface area (Å²) in [7, 11) is 0. The van der Waals surface area contributed by atoms with Crippen LogP contribution in [0, 0.1) is 0 Å². The van der Waals surface area contributed by atoms with Gasteiger partial charge in [0.15, 0.2) is 0 Å². The van der Waals surface area contributed by atoms with E-state index in [1.165, 1.54) is 207 Å². The number of anilines is 3. The lowest BCUT2D eigenvalue weighted by Crippen LogP contribution is -2.29. The highest BCUT2D eigenvalue weighted by molar-refractivity contribution is 5.90. The minimum Gasteiger partial charge on any atom is -0.310 e. The van der Waals surface area contributed by atoms with Crippen molar-refractivity contribution in [2.24, 2.45) is 0 Å². The fraction of sp³-hybridized carbons (Fsp3) is 0.440. The minimum atomic E-state index is -0.523. The maximum atomic E-state index is 2.73. The second-order valence-electron chi connectivity index (χ2n) is 26.6. The van der Waals surface area contributed by atoms with Crippen LogP contribution in [0.1, 0.15) is 249 Å². The zero-order valence-corrected chi connectivity index (χ0v) is 47.3. The van der Waals surface area contributed by atoms with E-state index in [4.69, 9.17) is 0 Å². The van der Waals surface area contributed by atoms with E-state index in [2.05, 4.69) is 198 Å². The zero-order chi connectivity index (χ0) is 52.0. The Morgan fingerprint density at radius 1 is 0.355 bits per heavy atom. The lowest BCUT2D eigenvalue weighted by atomic mass is 9.67. The van der Waals surface area contributed by atoms with Crippen LogP contribution in [0.3, 0.4) is 0 Å². The Morgan fingerprint density at radius 3 is 1.26 bits per heavy atom. The molecular formula is C75H87N. The molecule has 0 saturated heterocycles. The summed E-state index contributed by atoms with van der Waals surface area (Å²) in [5, 5.41) is 0. The SMILES string of the molecule is CC(C)(C)c1ccc(C2(c3ccc(C(C)(C)C)cc3)c3ccccc3-c3ccc(N(c4ccc(-c5cc(C6CCCCC6)c(C6CCCCC6)c(C6CCCCC6)c5)cc4)c4ccc(C5CCCCC5)cc4)cc32)cc1. The van der Waals surface area contributed by atoms with E-state index < -0.39 is 5.41 Å². The highest BCUT2D eigenvalue weighted by Crippen LogP contribution is 2.58. The number of hydrogen-bond acceptors (Lipinski definition) is 1. The first-order chi connectivity index (χ1) is 36.9. The second kappa shape index (κ2) is 21.3. The van der Waals surface area contributed by atoms with Gasteiger partial charge >= 0.3 is 0 Å². The van der Waals surface area contributed by atoms with Gasteiger partial charge in [-0.15, -0.1) is 0 Å². The van der Waals surface area contributed by atoms with Crippen LogP contribution < -0.4 is 4.90 Å². The van der Waals surface area contributed by atoms with E-state index in [-0.39, 0.29) is 10.8 Å². The normalized spacial score (nSPS) is 18.8. The predicted molar refractivity (Wildman–Crippen MR) is 325 cm³/mol. The van der Waals surface area contributed by atoms with E-state index in [0.29, 0.717) is 17.8 Å². The molecule has 0 unspecified atom stereocenters. The highest BCUT2D eigenvalue weighted by Gasteiger charge is 2.47. The second-order valence-corrected chi connectivity index (χ2v) is 26.6. The Kier molecular flexibility index (Phi) is 14.3. The highest BCUT2D eigenvalue weighted by atomic mass is 15.1. The molecule has 0 radical (unpaired) electrons. The standard InChI is InChI=1S/C75H87N/c1-73(2,3)59-35-39-61(40-36-59)75(62-41-37-60(38-42-62)74(4,5)6)70-30-20-19-29-66(70)67-48-47-65(51-71(67)75)76(63-43-31-53(32-44-63)52-21-11-7-12-22-52)64-45-33-54(34-46-64)58-49-68(55-23-13-8-14-24-55)72(57-27-17-10-18-28-57)69(50-58)56-25-15-9-16-26-56/h19-20,29-52,55-57H,7-18,21-28H2,1-6H3. The largest absolute Gasteiger partial charge is 0.310 e. The molecule has 7 aromatic rings. The molecule has 1 heteroatoms. The number of nitrogens with zero attached hydrogens (tertiary/aromatic N) is 1. The molecule has 0 atom stereocenters. The lowest BCUT2D eigenvalue weighted by Gasteiger charge is -2.36. The van der Waals surface area contributed by atoms with Crippen molar-refractivity contribution < 1.29 is 0 Å². The third-order valence-electron chi connectivity index (χ3n) is 19.7. The van der Waals surface area contributed by atoms with Gasteiger partial charge in [0.05, 0.1) is 5.41 Å². The summed E-state index contributed by atoms with van der Waals surface area (Å²) >= 11 is 0. The first-order valence-electron chi connectivity index (χ1n) is 30.6. The van der Waals surface area contributed by atoms with Crippen molar-refractivity contribution in [1.29, 1.82) is 0 Å². The summed E-state index contributed by atoms with van der Waals surface area (Å²) in [6, 6.07) is 61.1. The van der Waals surface area contributed by atoms with Crippen LogP contribution >= 0.6 is 0 Å². The summed E-state index contributed by atoms with van der Waals surface area (Å²) < 4.78 is 0. The Labute approximate surface area is 459 Å². The van der Waals surface area contributed by atoms with Crippen LogP contribution in [0.15, 0.2) is 152 Å². The third kappa shape index (κ3) is 9.74. The Balaban J connectivity index is 1.02. The van der Waals surface area contributed by atoms with Gasteiger partial charge in [-0.05, 0) is 200 Å². The molecule has 76 heavy (non-hydrogen) atoms. The average molecular weight is 1000 g/mol. The smallest absolute Gasteiger partial charge is 0.0714 e. The molecule has 0 spiro atoms. The van der Waals surface area contributed by atoms with E-state index in [0.717, 1.165) is 5.92 Å². The van der Waals surface area contributed by atoms with Gasteiger partial charge in [-0.2, -0.15) is 0 Å². The lowest BCUT2D eigenvalue weighted by molar-refractivity contribution is 0.404. The zero-order valence-electron chi connectivity index (χ0n) is 47.3. The summed E-state index contributed by atoms with van der Waals surface area (Å²) in [6.45, 7) is 14.0. The van der Waals surface area contributed by atoms with Gasteiger partial charge in [-0.3, -0.25) is 0 Å². The molecule has 12 rings (SSSR count). The topological polar surface area (TPSA) is 3.24 Å². The summed E-state index contributed by atoms with van der Waals surface area (Å²) in [4.78, 5) is 2.57. The van der Waals surface area contributed by atoms with Crippen molar-refractivity contribution in [3.8, 4) is 22.3 Å². The molecule has 0 aliphatic heterocycles. The minimum absolute atomic E-state index is 0.0506. The molecule has 5 aliphatic carbocycles. The van der Waals surface area contributed by atoms with Crippen LogP contribution in [0.4, 0.5) is 17.1 Å². The van der Waals surface area contributed by atoms with E-state index in [1.54, 1.807) is 11.1 Å². The third-order valence-corrected chi connectivity index (χ3v) is 19.7. The predicted octanol–water partition coefficient (Wildman–Crippen LogP) is 22.0. The molecule has 4 fully saturated rings. The van der Waals surface area contributed by atoms with Crippen LogP contribution in [0.5, 0.6) is 0 Å². The maximum absolute atomic E-state index is 2.73. The quantitative estimate of drug-likeness (QED) is 0.132. The van der Waals surface area contributed by atoms with Crippen LogP contribution in [-0.2, 0) is 16.2 Å². The van der Waals surface area contributed by atoms with Gasteiger partial charge in [-0.25, -0.2) is 0 Å². The van der Waals surface area contributed by atoms with Crippen molar-refractivity contribution in [3.63, 3.8) is 0 Å². The Bertz CT molecular complexity index is 3000. The van der Waals surface area contributed by atoms with E-state index >= 15 is 0 Å². The monoisotopic (exact) mass is 1000 g/mol. The first-order valence-corrected chi connectivity index (χ1v) is 30.6. The van der Waals surface area contributed by atoms with Crippen molar-refractivity contribution in [3.05, 3.63) is 207 Å². The average Bonchev–Trinajstić information content (AvgIpc) is 3.82. The van der Waals surface area contributed by atoms with Gasteiger partial charge in [-0.1, -0.05) is 234 Å². The van der Waals surface area contributed by atoms with E-state index in [1.807, 2.05) is 5.56 Å². The van der Waals surface area contributed by atoms with Gasteiger partial charge in [0.25, 0.3) is 0 Å². The van der Waals surface area contributed by atoms with Crippen molar-refractivity contribution >= 4 is 17.1 Å². The molecule has 5 aliphatic rings. The fourth-order valence-electron chi connectivity index (χ4n) is 15.4. The summed E-state index contributed by atoms with van der Waals surface area (Å²) in [5.41, 5.74) is 23.5. The Hall–Kier alpha value is -5.66. The molecule has 392 valence electrons. The Morgan fingerprint density at radius 2 is 0.776 bits per heavy atom. The maximum Gasteiger partial charge on any atom is 0.0714 e. The summed E-state index contributed by atoms with van der Waals surface area (Å²) in [6.07, 6.45) is 27.4. The first kappa shape index (κ1) is 51.1. The van der Waals surface area contributed by atoms with Crippen LogP contribution in [0.25, 0.3) is 22.3 Å². The van der Waals surface area contributed by atoms with Gasteiger partial charge in [0, 0.05) is 17.1 Å².